The third kappa shape index (κ3) is 3.05. The van der Waals surface area contributed by atoms with Crippen LogP contribution in [0.1, 0.15) is 12.8 Å². The summed E-state index contributed by atoms with van der Waals surface area (Å²) in [7, 11) is 0. The van der Waals surface area contributed by atoms with Crippen molar-refractivity contribution in [3.05, 3.63) is 0 Å². The maximum absolute atomic E-state index is 13.0. The van der Waals surface area contributed by atoms with E-state index in [4.69, 9.17) is 10.2 Å². The molecule has 0 atom stereocenters. The van der Waals surface area contributed by atoms with E-state index in [0.717, 1.165) is 0 Å². The van der Waals surface area contributed by atoms with Crippen molar-refractivity contribution in [2.75, 3.05) is 13.2 Å². The Kier molecular flexibility index (Phi) is 5.57. The highest BCUT2D eigenvalue weighted by atomic mass is 19.4. The Hall–Kier alpha value is -0.780. The van der Waals surface area contributed by atoms with Crippen LogP contribution in [-0.4, -0.2) is 53.0 Å². The smallest absolute Gasteiger partial charge is 0.384 e. The van der Waals surface area contributed by atoms with E-state index in [1.54, 1.807) is 0 Å². The molecule has 12 heteroatoms. The van der Waals surface area contributed by atoms with Gasteiger partial charge < -0.3 is 10.2 Å². The SMILES string of the molecule is OCCC(F)(F)C(F)(F)C(F)(F)C(F)(F)C(F)(F)CCO. The van der Waals surface area contributed by atoms with Crippen molar-refractivity contribution in [2.45, 2.75) is 42.5 Å². The van der Waals surface area contributed by atoms with Gasteiger partial charge in [0.05, 0.1) is 0 Å². The van der Waals surface area contributed by atoms with Crippen LogP contribution < -0.4 is 0 Å². The molecule has 2 nitrogen and oxygen atoms in total. The van der Waals surface area contributed by atoms with Gasteiger partial charge in [-0.3, -0.25) is 0 Å². The summed E-state index contributed by atoms with van der Waals surface area (Å²) in [5, 5.41) is 16.1. The van der Waals surface area contributed by atoms with Gasteiger partial charge in [-0.25, -0.2) is 0 Å². The molecule has 128 valence electrons. The lowest BCUT2D eigenvalue weighted by Gasteiger charge is -2.39. The molecule has 21 heavy (non-hydrogen) atoms. The molecule has 0 aromatic carbocycles. The summed E-state index contributed by atoms with van der Waals surface area (Å²) in [5.41, 5.74) is 0. The van der Waals surface area contributed by atoms with Crippen LogP contribution in [0.2, 0.25) is 0 Å². The van der Waals surface area contributed by atoms with Crippen molar-refractivity contribution in [1.29, 1.82) is 0 Å². The molecule has 0 saturated carbocycles. The predicted octanol–water partition coefficient (Wildman–Crippen LogP) is 2.93. The average Bonchev–Trinajstić information content (AvgIpc) is 2.27. The van der Waals surface area contributed by atoms with E-state index in [1.165, 1.54) is 0 Å². The summed E-state index contributed by atoms with van der Waals surface area (Å²) in [5.74, 6) is -32.6. The lowest BCUT2D eigenvalue weighted by molar-refractivity contribution is -0.403. The molecule has 0 aromatic rings. The maximum atomic E-state index is 13.0. The summed E-state index contributed by atoms with van der Waals surface area (Å²) >= 11 is 0. The second kappa shape index (κ2) is 5.78. The Morgan fingerprint density at radius 1 is 0.476 bits per heavy atom. The van der Waals surface area contributed by atoms with Crippen molar-refractivity contribution >= 4 is 0 Å². The topological polar surface area (TPSA) is 40.5 Å². The average molecular weight is 340 g/mol. The largest absolute Gasteiger partial charge is 0.396 e. The van der Waals surface area contributed by atoms with Gasteiger partial charge in [-0.1, -0.05) is 0 Å². The molecule has 0 saturated heterocycles. The molecule has 0 amide bonds. The zero-order chi connectivity index (χ0) is 17.3. The van der Waals surface area contributed by atoms with Gasteiger partial charge in [0, 0.05) is 26.1 Å². The Balaban J connectivity index is 5.83. The molecular formula is C9H10F10O2. The summed E-state index contributed by atoms with van der Waals surface area (Å²) < 4.78 is 129. The van der Waals surface area contributed by atoms with Crippen LogP contribution in [0.5, 0.6) is 0 Å². The first-order valence-electron chi connectivity index (χ1n) is 5.23. The molecule has 0 fully saturated rings. The molecule has 0 bridgehead atoms. The Morgan fingerprint density at radius 2 is 0.714 bits per heavy atom. The van der Waals surface area contributed by atoms with Crippen LogP contribution in [0.25, 0.3) is 0 Å². The van der Waals surface area contributed by atoms with Crippen molar-refractivity contribution in [1.82, 2.24) is 0 Å². The van der Waals surface area contributed by atoms with Gasteiger partial charge >= 0.3 is 29.6 Å². The lowest BCUT2D eigenvalue weighted by atomic mass is 9.92. The third-order valence-electron chi connectivity index (χ3n) is 2.56. The first-order valence-corrected chi connectivity index (χ1v) is 5.23. The summed E-state index contributed by atoms with van der Waals surface area (Å²) in [6.45, 7) is -3.53. The van der Waals surface area contributed by atoms with Gasteiger partial charge in [0.25, 0.3) is 0 Å². The highest BCUT2D eigenvalue weighted by molar-refractivity contribution is 5.08. The maximum Gasteiger partial charge on any atom is 0.384 e. The Morgan fingerprint density at radius 3 is 0.905 bits per heavy atom. The van der Waals surface area contributed by atoms with E-state index in [-0.39, 0.29) is 0 Å². The number of alkyl halides is 10. The molecule has 0 aliphatic heterocycles. The summed E-state index contributed by atoms with van der Waals surface area (Å²) in [6.07, 6.45) is -4.67. The van der Waals surface area contributed by atoms with Gasteiger partial charge in [0.1, 0.15) is 0 Å². The van der Waals surface area contributed by atoms with Crippen LogP contribution in [0, 0.1) is 0 Å². The summed E-state index contributed by atoms with van der Waals surface area (Å²) in [4.78, 5) is 0. The number of halogens is 10. The number of hydrogen-bond acceptors (Lipinski definition) is 2. The quantitative estimate of drug-likeness (QED) is 0.667. The minimum atomic E-state index is -7.13. The van der Waals surface area contributed by atoms with Crippen molar-refractivity contribution in [2.24, 2.45) is 0 Å². The fourth-order valence-electron chi connectivity index (χ4n) is 1.25. The number of hydrogen-bond donors (Lipinski definition) is 2. The van der Waals surface area contributed by atoms with Crippen LogP contribution in [0.3, 0.4) is 0 Å². The van der Waals surface area contributed by atoms with E-state index in [0.29, 0.717) is 0 Å². The van der Waals surface area contributed by atoms with Gasteiger partial charge in [0.2, 0.25) is 0 Å². The monoisotopic (exact) mass is 340 g/mol. The zero-order valence-corrected chi connectivity index (χ0v) is 10.0. The van der Waals surface area contributed by atoms with Gasteiger partial charge in [0.15, 0.2) is 0 Å². The first kappa shape index (κ1) is 20.2. The minimum absolute atomic E-state index is 1.77. The zero-order valence-electron chi connectivity index (χ0n) is 10.0. The van der Waals surface area contributed by atoms with Crippen molar-refractivity contribution in [3.8, 4) is 0 Å². The highest BCUT2D eigenvalue weighted by Crippen LogP contribution is 2.58. The van der Waals surface area contributed by atoms with E-state index < -0.39 is 55.7 Å². The molecule has 2 N–H and O–H groups in total. The predicted molar refractivity (Wildman–Crippen MR) is 48.1 cm³/mol. The molecule has 0 rings (SSSR count). The normalized spacial score (nSPS) is 15.4. The molecule has 0 radical (unpaired) electrons. The van der Waals surface area contributed by atoms with E-state index >= 15 is 0 Å². The van der Waals surface area contributed by atoms with Gasteiger partial charge in [-0.2, -0.15) is 43.9 Å². The van der Waals surface area contributed by atoms with Gasteiger partial charge in [-0.15, -0.1) is 0 Å². The third-order valence-corrected chi connectivity index (χ3v) is 2.56. The molecule has 0 unspecified atom stereocenters. The van der Waals surface area contributed by atoms with Crippen LogP contribution in [0.4, 0.5) is 43.9 Å². The standard InChI is InChI=1S/C9H10F10O2/c10-5(11,1-3-20)7(14,15)9(18,19)8(16,17)6(12,13)2-4-21/h20-21H,1-4H2. The molecular weight excluding hydrogens is 330 g/mol. The second-order valence-electron chi connectivity index (χ2n) is 4.08. The summed E-state index contributed by atoms with van der Waals surface area (Å²) in [6, 6.07) is 0. The molecule has 0 aliphatic rings. The van der Waals surface area contributed by atoms with Crippen LogP contribution in [0.15, 0.2) is 0 Å². The van der Waals surface area contributed by atoms with Crippen LogP contribution >= 0.6 is 0 Å². The van der Waals surface area contributed by atoms with Crippen molar-refractivity contribution < 1.29 is 54.1 Å². The minimum Gasteiger partial charge on any atom is -0.396 e. The van der Waals surface area contributed by atoms with E-state index in [2.05, 4.69) is 0 Å². The molecule has 0 spiro atoms. The Labute approximate surface area is 111 Å². The number of rotatable bonds is 8. The van der Waals surface area contributed by atoms with E-state index in [9.17, 15) is 43.9 Å². The lowest BCUT2D eigenvalue weighted by Crippen LogP contribution is -2.67. The number of aliphatic hydroxyl groups excluding tert-OH is 2. The molecule has 0 aromatic heterocycles. The van der Waals surface area contributed by atoms with Crippen LogP contribution in [-0.2, 0) is 0 Å². The fraction of sp³-hybridized carbons (Fsp3) is 1.00. The second-order valence-corrected chi connectivity index (χ2v) is 4.08. The molecule has 0 aliphatic carbocycles. The first-order chi connectivity index (χ1) is 9.12. The molecule has 0 heterocycles. The highest BCUT2D eigenvalue weighted by Gasteiger charge is 2.85. The number of aliphatic hydroxyl groups is 2. The Bertz CT molecular complexity index is 322. The van der Waals surface area contributed by atoms with Gasteiger partial charge in [-0.05, 0) is 0 Å². The fourth-order valence-corrected chi connectivity index (χ4v) is 1.25. The van der Waals surface area contributed by atoms with E-state index in [1.807, 2.05) is 0 Å². The van der Waals surface area contributed by atoms with Crippen molar-refractivity contribution in [3.63, 3.8) is 0 Å².